The molecule has 1 aliphatic rings. The van der Waals surface area contributed by atoms with Crippen LogP contribution in [0.15, 0.2) is 42.5 Å². The fourth-order valence-electron chi connectivity index (χ4n) is 2.77. The lowest BCUT2D eigenvalue weighted by Gasteiger charge is -2.18. The molecule has 3 rings (SSSR count). The molecule has 0 bridgehead atoms. The summed E-state index contributed by atoms with van der Waals surface area (Å²) in [6.07, 6.45) is 5.90. The van der Waals surface area contributed by atoms with Gasteiger partial charge in [0.2, 0.25) is 0 Å². The lowest BCUT2D eigenvalue weighted by atomic mass is 9.86. The van der Waals surface area contributed by atoms with Gasteiger partial charge in [0.15, 0.2) is 0 Å². The van der Waals surface area contributed by atoms with Crippen molar-refractivity contribution in [2.75, 3.05) is 0 Å². The topological polar surface area (TPSA) is 0 Å². The average Bonchev–Trinajstić information content (AvgIpc) is 2.78. The molecule has 0 fully saturated rings. The van der Waals surface area contributed by atoms with Crippen molar-refractivity contribution in [3.8, 4) is 0 Å². The average molecular weight is 222 g/mol. The SMILES string of the molecule is CCC(C)C1C=Cc2cc3ccccc3cc21. The molecule has 0 saturated carbocycles. The van der Waals surface area contributed by atoms with Crippen molar-refractivity contribution in [1.29, 1.82) is 0 Å². The molecular weight excluding hydrogens is 204 g/mol. The van der Waals surface area contributed by atoms with Gasteiger partial charge < -0.3 is 0 Å². The van der Waals surface area contributed by atoms with E-state index in [0.717, 1.165) is 5.92 Å². The Hall–Kier alpha value is -1.56. The van der Waals surface area contributed by atoms with Gasteiger partial charge in [0.1, 0.15) is 0 Å². The van der Waals surface area contributed by atoms with Gasteiger partial charge in [-0.25, -0.2) is 0 Å². The molecular formula is C17H18. The molecule has 17 heavy (non-hydrogen) atoms. The minimum Gasteiger partial charge on any atom is -0.0761 e. The second kappa shape index (κ2) is 4.03. The van der Waals surface area contributed by atoms with Gasteiger partial charge in [-0.1, -0.05) is 56.7 Å². The standard InChI is InChI=1S/C17H18/c1-3-12(2)16-9-8-15-10-13-6-4-5-7-14(13)11-17(15)16/h4-12,16H,3H2,1-2H3. The highest BCUT2D eigenvalue weighted by Gasteiger charge is 2.22. The summed E-state index contributed by atoms with van der Waals surface area (Å²) < 4.78 is 0. The second-order valence-corrected chi connectivity index (χ2v) is 5.10. The van der Waals surface area contributed by atoms with Gasteiger partial charge in [-0.05, 0) is 39.9 Å². The lowest BCUT2D eigenvalue weighted by molar-refractivity contribution is 0.512. The fourth-order valence-corrected chi connectivity index (χ4v) is 2.77. The van der Waals surface area contributed by atoms with E-state index in [1.165, 1.54) is 28.3 Å². The molecule has 0 saturated heterocycles. The molecule has 0 nitrogen and oxygen atoms in total. The van der Waals surface area contributed by atoms with E-state index in [4.69, 9.17) is 0 Å². The van der Waals surface area contributed by atoms with E-state index in [1.807, 2.05) is 0 Å². The lowest BCUT2D eigenvalue weighted by Crippen LogP contribution is -2.04. The number of allylic oxidation sites excluding steroid dienone is 1. The van der Waals surface area contributed by atoms with E-state index >= 15 is 0 Å². The van der Waals surface area contributed by atoms with Crippen LogP contribution >= 0.6 is 0 Å². The molecule has 0 amide bonds. The first-order valence-corrected chi connectivity index (χ1v) is 6.50. The maximum atomic E-state index is 2.38. The Morgan fingerprint density at radius 3 is 2.53 bits per heavy atom. The molecule has 0 heteroatoms. The summed E-state index contributed by atoms with van der Waals surface area (Å²) in [5, 5.41) is 2.71. The molecule has 0 aliphatic heterocycles. The third-order valence-corrected chi connectivity index (χ3v) is 4.05. The molecule has 0 N–H and O–H groups in total. The van der Waals surface area contributed by atoms with Gasteiger partial charge in [0, 0.05) is 5.92 Å². The fraction of sp³-hybridized carbons (Fsp3) is 0.294. The number of rotatable bonds is 2. The molecule has 0 spiro atoms. The van der Waals surface area contributed by atoms with Crippen molar-refractivity contribution >= 4 is 16.8 Å². The van der Waals surface area contributed by atoms with E-state index < -0.39 is 0 Å². The quantitative estimate of drug-likeness (QED) is 0.671. The van der Waals surface area contributed by atoms with E-state index in [-0.39, 0.29) is 0 Å². The summed E-state index contributed by atoms with van der Waals surface area (Å²) in [6, 6.07) is 13.3. The molecule has 1 aliphatic carbocycles. The van der Waals surface area contributed by atoms with Crippen LogP contribution in [-0.4, -0.2) is 0 Å². The molecule has 2 aromatic rings. The van der Waals surface area contributed by atoms with E-state index in [9.17, 15) is 0 Å². The van der Waals surface area contributed by atoms with Gasteiger partial charge in [-0.3, -0.25) is 0 Å². The number of hydrogen-bond acceptors (Lipinski definition) is 0. The highest BCUT2D eigenvalue weighted by Crippen LogP contribution is 2.38. The van der Waals surface area contributed by atoms with Crippen LogP contribution in [0.2, 0.25) is 0 Å². The van der Waals surface area contributed by atoms with Crippen molar-refractivity contribution in [3.05, 3.63) is 53.6 Å². The minimum atomic E-state index is 0.611. The van der Waals surface area contributed by atoms with Crippen LogP contribution in [0.25, 0.3) is 16.8 Å². The van der Waals surface area contributed by atoms with Crippen molar-refractivity contribution < 1.29 is 0 Å². The highest BCUT2D eigenvalue weighted by atomic mass is 14.3. The molecule has 0 aromatic heterocycles. The zero-order chi connectivity index (χ0) is 11.8. The maximum Gasteiger partial charge on any atom is 0.00530 e. The van der Waals surface area contributed by atoms with Crippen LogP contribution in [0, 0.1) is 5.92 Å². The normalized spacial score (nSPS) is 19.5. The van der Waals surface area contributed by atoms with Gasteiger partial charge in [-0.2, -0.15) is 0 Å². The third-order valence-electron chi connectivity index (χ3n) is 4.05. The summed E-state index contributed by atoms with van der Waals surface area (Å²) >= 11 is 0. The molecule has 2 atom stereocenters. The highest BCUT2D eigenvalue weighted by molar-refractivity contribution is 5.87. The van der Waals surface area contributed by atoms with Gasteiger partial charge in [-0.15, -0.1) is 0 Å². The second-order valence-electron chi connectivity index (χ2n) is 5.10. The maximum absolute atomic E-state index is 2.38. The Morgan fingerprint density at radius 1 is 1.12 bits per heavy atom. The van der Waals surface area contributed by atoms with Crippen molar-refractivity contribution in [2.24, 2.45) is 5.92 Å². The first-order valence-electron chi connectivity index (χ1n) is 6.50. The zero-order valence-corrected chi connectivity index (χ0v) is 10.5. The van der Waals surface area contributed by atoms with Crippen LogP contribution in [0.4, 0.5) is 0 Å². The number of fused-ring (bicyclic) bond motifs is 2. The Bertz CT molecular complexity index is 578. The molecule has 2 unspecified atom stereocenters. The van der Waals surface area contributed by atoms with Crippen LogP contribution in [-0.2, 0) is 0 Å². The Morgan fingerprint density at radius 2 is 1.82 bits per heavy atom. The minimum absolute atomic E-state index is 0.611. The summed E-state index contributed by atoms with van der Waals surface area (Å²) in [6.45, 7) is 4.62. The predicted molar refractivity (Wildman–Crippen MR) is 75.2 cm³/mol. The summed E-state index contributed by atoms with van der Waals surface area (Å²) in [4.78, 5) is 0. The number of benzene rings is 2. The van der Waals surface area contributed by atoms with Crippen LogP contribution < -0.4 is 0 Å². The third kappa shape index (κ3) is 1.68. The Balaban J connectivity index is 2.14. The molecule has 0 radical (unpaired) electrons. The molecule has 86 valence electrons. The summed E-state index contributed by atoms with van der Waals surface area (Å²) in [7, 11) is 0. The van der Waals surface area contributed by atoms with Crippen LogP contribution in [0.3, 0.4) is 0 Å². The molecule has 0 heterocycles. The van der Waals surface area contributed by atoms with Crippen molar-refractivity contribution in [1.82, 2.24) is 0 Å². The van der Waals surface area contributed by atoms with Gasteiger partial charge >= 0.3 is 0 Å². The van der Waals surface area contributed by atoms with Crippen LogP contribution in [0.5, 0.6) is 0 Å². The van der Waals surface area contributed by atoms with E-state index in [1.54, 1.807) is 0 Å². The van der Waals surface area contributed by atoms with E-state index in [2.05, 4.69) is 62.4 Å². The smallest absolute Gasteiger partial charge is 0.00530 e. The first kappa shape index (κ1) is 10.6. The monoisotopic (exact) mass is 222 g/mol. The summed E-state index contributed by atoms with van der Waals surface area (Å²) in [5.41, 5.74) is 2.92. The first-order chi connectivity index (χ1) is 8.29. The van der Waals surface area contributed by atoms with Crippen molar-refractivity contribution in [3.63, 3.8) is 0 Å². The van der Waals surface area contributed by atoms with E-state index in [0.29, 0.717) is 5.92 Å². The van der Waals surface area contributed by atoms with Crippen molar-refractivity contribution in [2.45, 2.75) is 26.2 Å². The summed E-state index contributed by atoms with van der Waals surface area (Å²) in [5.74, 6) is 1.34. The van der Waals surface area contributed by atoms with Gasteiger partial charge in [0.25, 0.3) is 0 Å². The van der Waals surface area contributed by atoms with Gasteiger partial charge in [0.05, 0.1) is 0 Å². The Labute approximate surface area is 103 Å². The molecule has 2 aromatic carbocycles. The largest absolute Gasteiger partial charge is 0.0761 e. The zero-order valence-electron chi connectivity index (χ0n) is 10.5. The van der Waals surface area contributed by atoms with Crippen LogP contribution in [0.1, 0.15) is 37.3 Å². The Kier molecular flexibility index (Phi) is 2.51. The number of hydrogen-bond donors (Lipinski definition) is 0. The predicted octanol–water partition coefficient (Wildman–Crippen LogP) is 5.00.